The molecule has 1 N–H and O–H groups in total. The second-order valence-corrected chi connectivity index (χ2v) is 18.7. The van der Waals surface area contributed by atoms with Gasteiger partial charge in [-0.2, -0.15) is 0 Å². The van der Waals surface area contributed by atoms with Crippen molar-refractivity contribution < 1.29 is 6.48 Å². The number of imidazole rings is 1. The van der Waals surface area contributed by atoms with Crippen molar-refractivity contribution in [2.24, 2.45) is 5.92 Å². The number of hydrogen-bond acceptors (Lipinski definition) is 3. The van der Waals surface area contributed by atoms with E-state index in [2.05, 4.69) is 210 Å². The molecule has 2 heterocycles. The Morgan fingerprint density at radius 2 is 1.20 bits per heavy atom. The molecule has 7 aromatic carbocycles. The normalized spacial score (nSPS) is 12.1. The van der Waals surface area contributed by atoms with Crippen molar-refractivity contribution in [3.63, 3.8) is 0 Å². The molecule has 9 aromatic rings. The smallest absolute Gasteiger partial charge is 0.149 e. The zero-order chi connectivity index (χ0) is 46.3. The van der Waals surface area contributed by atoms with Crippen molar-refractivity contribution >= 4 is 11.0 Å². The molecule has 0 aliphatic heterocycles. The van der Waals surface area contributed by atoms with E-state index in [1.165, 1.54) is 16.7 Å². The Morgan fingerprint density at radius 1 is 0.523 bits per heavy atom. The monoisotopic (exact) mass is 850 g/mol. The number of phenolic OH excluding ortho intramolecular Hbond substituents is 1. The molecule has 0 aliphatic carbocycles. The van der Waals surface area contributed by atoms with Gasteiger partial charge in [0, 0.05) is 24.4 Å². The van der Waals surface area contributed by atoms with Crippen LogP contribution < -0.4 is 0 Å². The Labute approximate surface area is 386 Å². The number of fused-ring (bicyclic) bond motifs is 1. The minimum atomic E-state index is -0.672. The average Bonchev–Trinajstić information content (AvgIpc) is 3.71. The molecule has 0 aliphatic rings. The van der Waals surface area contributed by atoms with Crippen molar-refractivity contribution in [3.8, 4) is 78.6 Å². The van der Waals surface area contributed by atoms with E-state index in [-0.39, 0.29) is 17.6 Å². The lowest BCUT2D eigenvalue weighted by atomic mass is 9.91. The highest BCUT2D eigenvalue weighted by Gasteiger charge is 2.24. The third-order valence-corrected chi connectivity index (χ3v) is 12.6. The fourth-order valence-electron chi connectivity index (χ4n) is 9.12. The third-order valence-electron chi connectivity index (χ3n) is 12.6. The highest BCUT2D eigenvalue weighted by Crippen LogP contribution is 2.44. The molecule has 324 valence electrons. The van der Waals surface area contributed by atoms with Gasteiger partial charge in [0.25, 0.3) is 0 Å². The van der Waals surface area contributed by atoms with Crippen molar-refractivity contribution in [3.05, 3.63) is 192 Å². The van der Waals surface area contributed by atoms with Gasteiger partial charge in [-0.1, -0.05) is 165 Å². The van der Waals surface area contributed by atoms with Crippen molar-refractivity contribution in [2.45, 2.75) is 79.5 Å². The minimum Gasteiger partial charge on any atom is -0.507 e. The van der Waals surface area contributed by atoms with Gasteiger partial charge in [-0.05, 0) is 146 Å². The van der Waals surface area contributed by atoms with Crippen LogP contribution in [-0.2, 0) is 6.42 Å². The molecule has 0 unspecified atom stereocenters. The summed E-state index contributed by atoms with van der Waals surface area (Å²) in [6.07, 6.45) is 2.80. The third kappa shape index (κ3) is 8.78. The first kappa shape index (κ1) is 41.9. The Kier molecular flexibility index (Phi) is 11.8. The van der Waals surface area contributed by atoms with Gasteiger partial charge in [0.1, 0.15) is 11.6 Å². The van der Waals surface area contributed by atoms with E-state index in [1.54, 1.807) is 0 Å². The molecule has 9 rings (SSSR count). The summed E-state index contributed by atoms with van der Waals surface area (Å²) in [7, 11) is 0. The van der Waals surface area contributed by atoms with Crippen molar-refractivity contribution in [2.75, 3.05) is 0 Å². The molecule has 0 amide bonds. The molecule has 0 saturated heterocycles. The van der Waals surface area contributed by atoms with E-state index in [0.29, 0.717) is 11.7 Å². The fourth-order valence-corrected chi connectivity index (χ4v) is 9.12. The van der Waals surface area contributed by atoms with E-state index >= 15 is 0 Å². The molecule has 0 saturated carbocycles. The number of pyridine rings is 1. The first-order chi connectivity index (χ1) is 31.7. The quantitative estimate of drug-likeness (QED) is 0.133. The van der Waals surface area contributed by atoms with Gasteiger partial charge in [-0.25, -0.2) is 4.98 Å². The molecule has 0 fully saturated rings. The second kappa shape index (κ2) is 18.2. The van der Waals surface area contributed by atoms with Gasteiger partial charge in [0.2, 0.25) is 0 Å². The molecular weight excluding hydrogens is 791 g/mol. The van der Waals surface area contributed by atoms with Gasteiger partial charge in [0.15, 0.2) is 0 Å². The summed E-state index contributed by atoms with van der Waals surface area (Å²) in [5.41, 5.74) is 18.5. The minimum absolute atomic E-state index is 0.111. The first-order valence-electron chi connectivity index (χ1n) is 23.6. The summed E-state index contributed by atoms with van der Waals surface area (Å²) in [5, 5.41) is 12.3. The maximum absolute atomic E-state index is 12.3. The van der Waals surface area contributed by atoms with E-state index in [9.17, 15) is 5.11 Å². The predicted molar refractivity (Wildman–Crippen MR) is 274 cm³/mol. The summed E-state index contributed by atoms with van der Waals surface area (Å²) in [5.74, 6) is 1.11. The van der Waals surface area contributed by atoms with E-state index in [0.717, 1.165) is 90.0 Å². The Morgan fingerprint density at radius 3 is 1.88 bits per heavy atom. The van der Waals surface area contributed by atoms with E-state index in [1.807, 2.05) is 20.0 Å². The molecule has 2 aromatic heterocycles. The lowest BCUT2D eigenvalue weighted by Crippen LogP contribution is -2.04. The maximum Gasteiger partial charge on any atom is 0.149 e. The van der Waals surface area contributed by atoms with Crippen LogP contribution in [0, 0.1) is 5.92 Å². The second-order valence-electron chi connectivity index (χ2n) is 18.7. The number of aromatic nitrogens is 3. The molecule has 0 atom stereocenters. The van der Waals surface area contributed by atoms with Crippen LogP contribution >= 0.6 is 0 Å². The van der Waals surface area contributed by atoms with Crippen LogP contribution in [0.5, 0.6) is 5.75 Å². The zero-order valence-corrected chi connectivity index (χ0v) is 38.9. The summed E-state index contributed by atoms with van der Waals surface area (Å²) >= 11 is 0. The fraction of sp³-hybridized carbons (Fsp3) is 0.213. The van der Waals surface area contributed by atoms with Crippen molar-refractivity contribution in [1.29, 1.82) is 0 Å². The highest BCUT2D eigenvalue weighted by molar-refractivity contribution is 5.98. The van der Waals surface area contributed by atoms with E-state index in [4.69, 9.17) is 11.3 Å². The number of rotatable bonds is 12. The lowest BCUT2D eigenvalue weighted by Gasteiger charge is -2.19. The predicted octanol–water partition coefficient (Wildman–Crippen LogP) is 16.7. The molecule has 4 heteroatoms. The molecule has 0 bridgehead atoms. The van der Waals surface area contributed by atoms with Crippen LogP contribution in [0.3, 0.4) is 0 Å². The lowest BCUT2D eigenvalue weighted by molar-refractivity contribution is 0.466. The van der Waals surface area contributed by atoms with Crippen LogP contribution in [0.15, 0.2) is 170 Å². The van der Waals surface area contributed by atoms with Crippen LogP contribution in [0.1, 0.15) is 96.7 Å². The van der Waals surface area contributed by atoms with E-state index < -0.39 is 5.89 Å². The maximum atomic E-state index is 12.3. The van der Waals surface area contributed by atoms with Crippen LogP contribution in [0.25, 0.3) is 83.9 Å². The first-order valence-corrected chi connectivity index (χ1v) is 23.1. The number of para-hydroxylation sites is 1. The number of benzene rings is 7. The number of nitrogens with zero attached hydrogens (tertiary/aromatic N) is 3. The SMILES string of the molecule is [2H]C(C)(C)c1ccc(-c2ccnc(-c3cc(-c4ccccc4)cc(-c4cccc5c4nc(-c4cc(C(C)C)cc(C(C)C)c4O)n5-c4ccc(-c5ccccc5)c(CC(C)C)c4)c3)c2)cc1. The molecule has 65 heavy (non-hydrogen) atoms. The standard InChI is InChI=1S/C61H59N3O/c1-38(2)30-49-34-52(26-27-53(49)45-18-13-10-14-19-45)64-58-21-15-20-54(59(58)63-61(64)56-36-47(40(5)6)35-55(41(7)8)60(56)65)50-31-48(43-16-11-9-12-17-43)32-51(33-50)57-37-46(28-29-62-57)44-24-22-42(23-25-44)39(3)4/h9-29,31-41,65H,30H2,1-8H3/i39D. The van der Waals surface area contributed by atoms with Gasteiger partial charge in [0.05, 0.1) is 22.3 Å². The number of aromatic hydroxyl groups is 1. The Bertz CT molecular complexity index is 3180. The van der Waals surface area contributed by atoms with Gasteiger partial charge < -0.3 is 5.11 Å². The van der Waals surface area contributed by atoms with Crippen molar-refractivity contribution in [1.82, 2.24) is 14.5 Å². The van der Waals surface area contributed by atoms with Crippen LogP contribution in [0.2, 0.25) is 0 Å². The summed E-state index contributed by atoms with van der Waals surface area (Å²) in [6, 6.07) is 58.0. The number of phenols is 1. The van der Waals surface area contributed by atoms with Gasteiger partial charge in [-0.15, -0.1) is 0 Å². The molecule has 4 nitrogen and oxygen atoms in total. The number of hydrogen-bond donors (Lipinski definition) is 1. The molecule has 0 radical (unpaired) electrons. The van der Waals surface area contributed by atoms with Gasteiger partial charge >= 0.3 is 0 Å². The topological polar surface area (TPSA) is 50.9 Å². The molecule has 0 spiro atoms. The van der Waals surface area contributed by atoms with Gasteiger partial charge in [-0.3, -0.25) is 9.55 Å². The molecular formula is C61H59N3O. The average molecular weight is 851 g/mol. The Balaban J connectivity index is 1.29. The highest BCUT2D eigenvalue weighted by atomic mass is 16.3. The van der Waals surface area contributed by atoms with Crippen LogP contribution in [0.4, 0.5) is 0 Å². The summed E-state index contributed by atoms with van der Waals surface area (Å²) in [6.45, 7) is 17.1. The summed E-state index contributed by atoms with van der Waals surface area (Å²) in [4.78, 5) is 10.6. The largest absolute Gasteiger partial charge is 0.507 e. The summed E-state index contributed by atoms with van der Waals surface area (Å²) < 4.78 is 10.8. The van der Waals surface area contributed by atoms with Crippen LogP contribution in [-0.4, -0.2) is 19.6 Å². The zero-order valence-electron chi connectivity index (χ0n) is 39.9. The Hall–Kier alpha value is -7.04.